The number of carbonyl (C=O) groups excluding carboxylic acids is 2. The largest absolute Gasteiger partial charge is 0.466 e. The van der Waals surface area contributed by atoms with Crippen LogP contribution in [0, 0.1) is 0 Å². The summed E-state index contributed by atoms with van der Waals surface area (Å²) in [6, 6.07) is 7.64. The first-order valence-electron chi connectivity index (χ1n) is 9.10. The third-order valence-corrected chi connectivity index (χ3v) is 4.25. The minimum Gasteiger partial charge on any atom is -0.466 e. The molecule has 0 atom stereocenters. The van der Waals surface area contributed by atoms with E-state index in [1.807, 2.05) is 0 Å². The highest BCUT2D eigenvalue weighted by molar-refractivity contribution is 6.32. The van der Waals surface area contributed by atoms with E-state index in [4.69, 9.17) is 11.6 Å². The zero-order valence-corrected chi connectivity index (χ0v) is 17.8. The first-order chi connectivity index (χ1) is 15.2. The molecule has 0 spiro atoms. The van der Waals surface area contributed by atoms with Crippen molar-refractivity contribution in [1.82, 2.24) is 4.98 Å². The van der Waals surface area contributed by atoms with Gasteiger partial charge in [0, 0.05) is 19.3 Å². The van der Waals surface area contributed by atoms with Crippen molar-refractivity contribution in [3.8, 4) is 0 Å². The van der Waals surface area contributed by atoms with Gasteiger partial charge in [-0.15, -0.1) is 0 Å². The number of methoxy groups -OCH3 is 2. The number of anilines is 3. The van der Waals surface area contributed by atoms with E-state index in [0.29, 0.717) is 24.1 Å². The Kier molecular flexibility index (Phi) is 8.71. The number of nitrogens with zero attached hydrogens (tertiary/aromatic N) is 1. The minimum atomic E-state index is -4.53. The molecule has 0 amide bonds. The first-order valence-corrected chi connectivity index (χ1v) is 9.48. The molecule has 2 aromatic rings. The number of rotatable bonds is 9. The molecule has 1 heterocycles. The number of alkyl halides is 3. The molecular formula is C20H20ClF3N4O4. The van der Waals surface area contributed by atoms with Gasteiger partial charge >= 0.3 is 18.1 Å². The van der Waals surface area contributed by atoms with Crippen molar-refractivity contribution in [2.75, 3.05) is 43.3 Å². The molecule has 12 heteroatoms. The molecule has 0 unspecified atom stereocenters. The lowest BCUT2D eigenvalue weighted by molar-refractivity contribution is -0.138. The fourth-order valence-corrected chi connectivity index (χ4v) is 2.66. The number of pyridine rings is 1. The van der Waals surface area contributed by atoms with Crippen LogP contribution in [0.2, 0.25) is 5.02 Å². The Morgan fingerprint density at radius 1 is 1.09 bits per heavy atom. The normalized spacial score (nSPS) is 11.5. The van der Waals surface area contributed by atoms with Crippen molar-refractivity contribution in [2.24, 2.45) is 0 Å². The fourth-order valence-electron chi connectivity index (χ4n) is 2.43. The highest BCUT2D eigenvalue weighted by Crippen LogP contribution is 2.32. The Morgan fingerprint density at radius 3 is 2.34 bits per heavy atom. The zero-order valence-electron chi connectivity index (χ0n) is 17.0. The van der Waals surface area contributed by atoms with Crippen LogP contribution >= 0.6 is 11.6 Å². The Hall–Kier alpha value is -3.47. The molecule has 3 N–H and O–H groups in total. The van der Waals surface area contributed by atoms with Crippen molar-refractivity contribution < 1.29 is 32.2 Å². The zero-order chi connectivity index (χ0) is 23.7. The quantitative estimate of drug-likeness (QED) is 0.287. The number of esters is 2. The van der Waals surface area contributed by atoms with E-state index in [2.05, 4.69) is 30.4 Å². The Bertz CT molecular complexity index is 999. The smallest absolute Gasteiger partial charge is 0.417 e. The number of aromatic nitrogens is 1. The molecule has 172 valence electrons. The van der Waals surface area contributed by atoms with E-state index in [0.717, 1.165) is 12.1 Å². The number of ether oxygens (including phenoxy) is 2. The summed E-state index contributed by atoms with van der Waals surface area (Å²) in [6.07, 6.45) is -2.87. The van der Waals surface area contributed by atoms with Gasteiger partial charge in [-0.05, 0) is 18.2 Å². The van der Waals surface area contributed by atoms with Gasteiger partial charge in [-0.3, -0.25) is 0 Å². The van der Waals surface area contributed by atoms with Gasteiger partial charge in [-0.25, -0.2) is 14.6 Å². The maximum Gasteiger partial charge on any atom is 0.417 e. The van der Waals surface area contributed by atoms with E-state index in [9.17, 15) is 22.8 Å². The molecule has 2 rings (SSSR count). The minimum absolute atomic E-state index is 0.113. The van der Waals surface area contributed by atoms with Crippen molar-refractivity contribution >= 4 is 40.7 Å². The number of hydrogen-bond acceptors (Lipinski definition) is 8. The highest BCUT2D eigenvalue weighted by atomic mass is 35.5. The van der Waals surface area contributed by atoms with Crippen LogP contribution in [0.4, 0.5) is 30.4 Å². The molecule has 1 aromatic carbocycles. The van der Waals surface area contributed by atoms with Gasteiger partial charge in [0.1, 0.15) is 11.5 Å². The summed E-state index contributed by atoms with van der Waals surface area (Å²) in [6.45, 7) is 0.597. The summed E-state index contributed by atoms with van der Waals surface area (Å²) in [5, 5.41) is 8.60. The molecule has 32 heavy (non-hydrogen) atoms. The van der Waals surface area contributed by atoms with Gasteiger partial charge in [0.2, 0.25) is 0 Å². The number of carbonyl (C=O) groups is 2. The molecule has 0 saturated carbocycles. The Labute approximate surface area is 186 Å². The number of nitrogens with one attached hydrogen (secondary N) is 3. The predicted octanol–water partition coefficient (Wildman–Crippen LogP) is 3.92. The van der Waals surface area contributed by atoms with Gasteiger partial charge in [-0.1, -0.05) is 23.7 Å². The number of halogens is 4. The van der Waals surface area contributed by atoms with Crippen molar-refractivity contribution in [2.45, 2.75) is 6.18 Å². The third-order valence-electron chi connectivity index (χ3n) is 3.97. The van der Waals surface area contributed by atoms with E-state index in [1.165, 1.54) is 14.2 Å². The summed E-state index contributed by atoms with van der Waals surface area (Å²) in [4.78, 5) is 27.2. The molecule has 0 aliphatic heterocycles. The number of para-hydroxylation sites is 2. The van der Waals surface area contributed by atoms with Crippen LogP contribution in [0.3, 0.4) is 0 Å². The molecule has 0 fully saturated rings. The van der Waals surface area contributed by atoms with Crippen molar-refractivity contribution in [1.29, 1.82) is 0 Å². The van der Waals surface area contributed by atoms with Gasteiger partial charge in [0.15, 0.2) is 0 Å². The van der Waals surface area contributed by atoms with Crippen LogP contribution in [-0.2, 0) is 25.2 Å². The Morgan fingerprint density at radius 2 is 1.75 bits per heavy atom. The lowest BCUT2D eigenvalue weighted by Crippen LogP contribution is -2.18. The van der Waals surface area contributed by atoms with Crippen LogP contribution in [0.15, 0.2) is 48.3 Å². The molecule has 0 aliphatic rings. The predicted molar refractivity (Wildman–Crippen MR) is 113 cm³/mol. The van der Waals surface area contributed by atoms with Crippen LogP contribution in [-0.4, -0.2) is 44.2 Å². The topological polar surface area (TPSA) is 102 Å². The standard InChI is InChI=1S/C20H20ClF3N4O4/c1-31-17(29)10-16(19(30)32-2)28-15-6-4-3-5-14(15)25-7-8-26-18-13(21)9-12(11-27-18)20(22,23)24/h3-6,9-11,25,28H,7-8H2,1-2H3,(H,26,27)/b16-10+. The SMILES string of the molecule is COC(=O)/C=C(/Nc1ccccc1NCCNc1ncc(C(F)(F)F)cc1Cl)C(=O)OC. The summed E-state index contributed by atoms with van der Waals surface area (Å²) in [5.74, 6) is -1.40. The first kappa shape index (κ1) is 24.8. The summed E-state index contributed by atoms with van der Waals surface area (Å²) >= 11 is 5.87. The van der Waals surface area contributed by atoms with Gasteiger partial charge in [0.05, 0.1) is 42.3 Å². The van der Waals surface area contributed by atoms with Crippen molar-refractivity contribution in [3.05, 3.63) is 58.9 Å². The average molecular weight is 473 g/mol. The van der Waals surface area contributed by atoms with Gasteiger partial charge < -0.3 is 25.4 Å². The molecule has 0 bridgehead atoms. The van der Waals surface area contributed by atoms with Crippen LogP contribution < -0.4 is 16.0 Å². The monoisotopic (exact) mass is 472 g/mol. The fraction of sp³-hybridized carbons (Fsp3) is 0.250. The van der Waals surface area contributed by atoms with Gasteiger partial charge in [-0.2, -0.15) is 13.2 Å². The lowest BCUT2D eigenvalue weighted by atomic mass is 10.2. The summed E-state index contributed by atoms with van der Waals surface area (Å²) < 4.78 is 47.3. The molecule has 8 nitrogen and oxygen atoms in total. The Balaban J connectivity index is 2.02. The van der Waals surface area contributed by atoms with Crippen molar-refractivity contribution in [3.63, 3.8) is 0 Å². The lowest BCUT2D eigenvalue weighted by Gasteiger charge is -2.15. The highest BCUT2D eigenvalue weighted by Gasteiger charge is 2.31. The summed E-state index contributed by atoms with van der Waals surface area (Å²) in [5.41, 5.74) is -0.0146. The number of benzene rings is 1. The second-order valence-electron chi connectivity index (χ2n) is 6.15. The van der Waals surface area contributed by atoms with E-state index in [1.54, 1.807) is 24.3 Å². The maximum atomic E-state index is 12.7. The molecule has 1 aromatic heterocycles. The van der Waals surface area contributed by atoms with Gasteiger partial charge in [0.25, 0.3) is 0 Å². The van der Waals surface area contributed by atoms with E-state index in [-0.39, 0.29) is 23.1 Å². The van der Waals surface area contributed by atoms with E-state index < -0.39 is 23.7 Å². The third kappa shape index (κ3) is 7.05. The second kappa shape index (κ2) is 11.2. The van der Waals surface area contributed by atoms with E-state index >= 15 is 0 Å². The maximum absolute atomic E-state index is 12.7. The molecular weight excluding hydrogens is 453 g/mol. The molecule has 0 saturated heterocycles. The van der Waals surface area contributed by atoms with Crippen LogP contribution in [0.1, 0.15) is 5.56 Å². The average Bonchev–Trinajstić information content (AvgIpc) is 2.76. The molecule has 0 aliphatic carbocycles. The van der Waals surface area contributed by atoms with Crippen LogP contribution in [0.5, 0.6) is 0 Å². The van der Waals surface area contributed by atoms with Crippen LogP contribution in [0.25, 0.3) is 0 Å². The summed E-state index contributed by atoms with van der Waals surface area (Å²) in [7, 11) is 2.35. The second-order valence-corrected chi connectivity index (χ2v) is 6.56. The number of hydrogen-bond donors (Lipinski definition) is 3. The molecule has 0 radical (unpaired) electrons.